The number of thiol groups is 1. The van der Waals surface area contributed by atoms with Crippen molar-refractivity contribution in [1.82, 2.24) is 4.98 Å². The highest BCUT2D eigenvalue weighted by molar-refractivity contribution is 7.82. The van der Waals surface area contributed by atoms with E-state index in [1.807, 2.05) is 24.3 Å². The summed E-state index contributed by atoms with van der Waals surface area (Å²) in [6, 6.07) is 8.03. The predicted octanol–water partition coefficient (Wildman–Crippen LogP) is 0.533. The Balaban J connectivity index is 0.000000213. The third-order valence-electron chi connectivity index (χ3n) is 1.28. The normalized spacial score (nSPS) is 9.43. The molecule has 0 aliphatic heterocycles. The molecule has 0 fully saturated rings. The second-order valence-corrected chi connectivity index (χ2v) is 4.07. The highest BCUT2D eigenvalue weighted by Gasteiger charge is 1.96. The minimum Gasteiger partial charge on any atom is -0.402 e. The van der Waals surface area contributed by atoms with Gasteiger partial charge in [0.1, 0.15) is 4.34 Å². The Hall–Kier alpha value is -0.595. The lowest BCUT2D eigenvalue weighted by atomic mass is 10.3. The molecule has 0 unspecified atom stereocenters. The maximum atomic E-state index is 7.17. The highest BCUT2D eigenvalue weighted by Crippen LogP contribution is 2.23. The van der Waals surface area contributed by atoms with Gasteiger partial charge in [-0.05, 0) is 12.1 Å². The molecule has 14 heavy (non-hydrogen) atoms. The number of thiazole rings is 1. The van der Waals surface area contributed by atoms with E-state index in [9.17, 15) is 0 Å². The number of para-hydroxylation sites is 1. The molecule has 0 radical (unpaired) electrons. The van der Waals surface area contributed by atoms with E-state index in [1.54, 1.807) is 11.3 Å². The third-order valence-corrected chi connectivity index (χ3v) is 2.50. The Labute approximate surface area is 90.4 Å². The molecule has 1 aromatic heterocycles. The second-order valence-electron chi connectivity index (χ2n) is 2.31. The van der Waals surface area contributed by atoms with Gasteiger partial charge in [0.15, 0.2) is 0 Å². The van der Waals surface area contributed by atoms with E-state index in [0.717, 1.165) is 9.86 Å². The predicted molar refractivity (Wildman–Crippen MR) is 59.3 cm³/mol. The van der Waals surface area contributed by atoms with Crippen molar-refractivity contribution in [3.8, 4) is 0 Å². The van der Waals surface area contributed by atoms with Crippen molar-refractivity contribution >= 4 is 41.5 Å². The monoisotopic (exact) mass is 229 g/mol. The molecule has 0 bridgehead atoms. The van der Waals surface area contributed by atoms with Crippen LogP contribution in [0.25, 0.3) is 10.2 Å². The summed E-state index contributed by atoms with van der Waals surface area (Å²) in [5.74, 6) is 0. The maximum absolute atomic E-state index is 7.17. The average Bonchev–Trinajstić information content (AvgIpc) is 2.42. The lowest BCUT2D eigenvalue weighted by Gasteiger charge is -1.80. The van der Waals surface area contributed by atoms with Gasteiger partial charge in [-0.3, -0.25) is 0 Å². The number of aromatic nitrogens is 1. The Kier molecular flexibility index (Phi) is 4.37. The van der Waals surface area contributed by atoms with Crippen LogP contribution in [0.15, 0.2) is 28.6 Å². The van der Waals surface area contributed by atoms with Gasteiger partial charge in [0.05, 0.1) is 10.2 Å². The number of nitrogens with zero attached hydrogens (tertiary/aromatic N) is 1. The Morgan fingerprint density at radius 2 is 1.79 bits per heavy atom. The van der Waals surface area contributed by atoms with Gasteiger partial charge in [-0.1, -0.05) is 12.1 Å². The first-order chi connectivity index (χ1) is 6.59. The number of fused-ring (bicyclic) bond motifs is 1. The second kappa shape index (κ2) is 5.33. The summed E-state index contributed by atoms with van der Waals surface area (Å²) in [6.45, 7) is 0. The van der Waals surface area contributed by atoms with Crippen LogP contribution in [0.1, 0.15) is 0 Å². The molecular weight excluding hydrogens is 221 g/mol. The first kappa shape index (κ1) is 11.5. The fourth-order valence-corrected chi connectivity index (χ4v) is 1.97. The number of hydrogen-bond acceptors (Lipinski definition) is 6. The quantitative estimate of drug-likeness (QED) is 0.393. The summed E-state index contributed by atoms with van der Waals surface area (Å²) >= 11 is 5.76. The van der Waals surface area contributed by atoms with E-state index < -0.39 is 7.32 Å². The molecule has 0 aliphatic rings. The van der Waals surface area contributed by atoms with Crippen molar-refractivity contribution in [3.63, 3.8) is 0 Å². The molecule has 1 aromatic carbocycles. The minimum absolute atomic E-state index is 0.834. The van der Waals surface area contributed by atoms with Crippen LogP contribution in [0.4, 0.5) is 0 Å². The van der Waals surface area contributed by atoms with Crippen LogP contribution in [0, 0.1) is 0 Å². The first-order valence-corrected chi connectivity index (χ1v) is 4.94. The molecule has 7 heteroatoms. The SMILES string of the molecule is OB(O)O.Sc1nc2ccccc2s1. The van der Waals surface area contributed by atoms with Gasteiger partial charge >= 0.3 is 7.32 Å². The summed E-state index contributed by atoms with van der Waals surface area (Å²) < 4.78 is 2.04. The molecule has 0 amide bonds. The summed E-state index contributed by atoms with van der Waals surface area (Å²) in [6.07, 6.45) is 0. The van der Waals surface area contributed by atoms with Crippen LogP contribution in [0.2, 0.25) is 0 Å². The van der Waals surface area contributed by atoms with Crippen molar-refractivity contribution in [2.24, 2.45) is 0 Å². The smallest absolute Gasteiger partial charge is 0.402 e. The van der Waals surface area contributed by atoms with Crippen LogP contribution >= 0.6 is 24.0 Å². The topological polar surface area (TPSA) is 73.6 Å². The molecule has 3 N–H and O–H groups in total. The fraction of sp³-hybridized carbons (Fsp3) is 0. The Bertz CT molecular complexity index is 371. The minimum atomic E-state index is -2.17. The number of rotatable bonds is 0. The van der Waals surface area contributed by atoms with Gasteiger partial charge in [-0.2, -0.15) is 0 Å². The van der Waals surface area contributed by atoms with Crippen molar-refractivity contribution in [2.45, 2.75) is 4.34 Å². The van der Waals surface area contributed by atoms with Crippen LogP contribution in [-0.2, 0) is 0 Å². The lowest BCUT2D eigenvalue weighted by molar-refractivity contribution is 0.278. The van der Waals surface area contributed by atoms with Crippen LogP contribution in [-0.4, -0.2) is 27.4 Å². The summed E-state index contributed by atoms with van der Waals surface area (Å²) in [4.78, 5) is 4.20. The Morgan fingerprint density at radius 1 is 1.21 bits per heavy atom. The van der Waals surface area contributed by atoms with Gasteiger partial charge in [-0.15, -0.1) is 24.0 Å². The van der Waals surface area contributed by atoms with Gasteiger partial charge in [0.25, 0.3) is 0 Å². The van der Waals surface area contributed by atoms with Gasteiger partial charge in [0.2, 0.25) is 0 Å². The van der Waals surface area contributed by atoms with Gasteiger partial charge < -0.3 is 15.1 Å². The molecule has 2 aromatic rings. The lowest BCUT2D eigenvalue weighted by Crippen LogP contribution is -2.07. The van der Waals surface area contributed by atoms with Crippen LogP contribution in [0.5, 0.6) is 0 Å². The molecule has 0 saturated carbocycles. The van der Waals surface area contributed by atoms with Gasteiger partial charge in [0, 0.05) is 0 Å². The van der Waals surface area contributed by atoms with Gasteiger partial charge in [-0.25, -0.2) is 4.98 Å². The van der Waals surface area contributed by atoms with E-state index in [4.69, 9.17) is 15.1 Å². The fourth-order valence-electron chi connectivity index (χ4n) is 0.860. The number of hydrogen-bond donors (Lipinski definition) is 4. The molecular formula is C7H8BNO3S2. The summed E-state index contributed by atoms with van der Waals surface area (Å²) in [7, 11) is -2.17. The summed E-state index contributed by atoms with van der Waals surface area (Å²) in [5, 5.41) is 21.5. The summed E-state index contributed by atoms with van der Waals surface area (Å²) in [5.41, 5.74) is 1.04. The van der Waals surface area contributed by atoms with Crippen LogP contribution in [0.3, 0.4) is 0 Å². The zero-order valence-electron chi connectivity index (χ0n) is 7.03. The highest BCUT2D eigenvalue weighted by atomic mass is 32.2. The zero-order chi connectivity index (χ0) is 10.6. The van der Waals surface area contributed by atoms with E-state index in [0.29, 0.717) is 0 Å². The molecule has 4 nitrogen and oxygen atoms in total. The molecule has 0 saturated heterocycles. The molecule has 0 spiro atoms. The third kappa shape index (κ3) is 3.65. The van der Waals surface area contributed by atoms with Crippen LogP contribution < -0.4 is 0 Å². The Morgan fingerprint density at radius 3 is 2.36 bits per heavy atom. The van der Waals surface area contributed by atoms with Crippen molar-refractivity contribution in [3.05, 3.63) is 24.3 Å². The molecule has 0 aliphatic carbocycles. The molecule has 1 heterocycles. The van der Waals surface area contributed by atoms with Crippen molar-refractivity contribution in [2.75, 3.05) is 0 Å². The van der Waals surface area contributed by atoms with E-state index in [-0.39, 0.29) is 0 Å². The molecule has 74 valence electrons. The number of benzene rings is 1. The zero-order valence-corrected chi connectivity index (χ0v) is 8.74. The molecule has 0 atom stereocenters. The van der Waals surface area contributed by atoms with E-state index in [2.05, 4.69) is 17.6 Å². The average molecular weight is 229 g/mol. The maximum Gasteiger partial charge on any atom is 0.631 e. The van der Waals surface area contributed by atoms with E-state index >= 15 is 0 Å². The standard InChI is InChI=1S/C7H5NS2.BH3O3/c9-7-8-5-3-1-2-4-6(5)10-7;2-1(3)4/h1-4H,(H,8,9);2-4H. The van der Waals surface area contributed by atoms with Crippen molar-refractivity contribution in [1.29, 1.82) is 0 Å². The van der Waals surface area contributed by atoms with Crippen molar-refractivity contribution < 1.29 is 15.1 Å². The van der Waals surface area contributed by atoms with E-state index in [1.165, 1.54) is 4.70 Å². The molecule has 2 rings (SSSR count). The largest absolute Gasteiger partial charge is 0.631 e. The first-order valence-electron chi connectivity index (χ1n) is 3.68.